The van der Waals surface area contributed by atoms with Crippen molar-refractivity contribution in [1.29, 1.82) is 0 Å². The Morgan fingerprint density at radius 3 is 1.71 bits per heavy atom. The average molecular weight is 743 g/mol. The van der Waals surface area contributed by atoms with Gasteiger partial charge in [0.05, 0.1) is 41.4 Å². The van der Waals surface area contributed by atoms with E-state index in [1.165, 1.54) is 0 Å². The van der Waals surface area contributed by atoms with Crippen LogP contribution in [0.4, 0.5) is 0 Å². The molecule has 0 fully saturated rings. The lowest BCUT2D eigenvalue weighted by atomic mass is 9.80. The maximum Gasteiger partial charge on any atom is 0.344 e. The van der Waals surface area contributed by atoms with Crippen LogP contribution in [0.25, 0.3) is 11.4 Å². The van der Waals surface area contributed by atoms with E-state index in [4.69, 9.17) is 44.0 Å². The lowest BCUT2D eigenvalue weighted by molar-refractivity contribution is -0.240. The Morgan fingerprint density at radius 2 is 1.14 bits per heavy atom. The van der Waals surface area contributed by atoms with Crippen LogP contribution in [0, 0.1) is 13.8 Å². The predicted molar refractivity (Wildman–Crippen MR) is 207 cm³/mol. The van der Waals surface area contributed by atoms with Gasteiger partial charge in [0.25, 0.3) is 5.90 Å². The van der Waals surface area contributed by atoms with Gasteiger partial charge in [-0.15, -0.1) is 0 Å². The molecule has 12 nitrogen and oxygen atoms in total. The van der Waals surface area contributed by atoms with Crippen LogP contribution in [0.3, 0.4) is 0 Å². The second-order valence-electron chi connectivity index (χ2n) is 13.6. The van der Waals surface area contributed by atoms with Crippen molar-refractivity contribution in [1.82, 2.24) is 19.6 Å². The maximum absolute atomic E-state index is 7.06. The van der Waals surface area contributed by atoms with E-state index in [1.54, 1.807) is 16.5 Å². The van der Waals surface area contributed by atoms with Gasteiger partial charge in [0, 0.05) is 5.56 Å². The molecule has 6 heterocycles. The number of methoxy groups -OCH3 is 1. The number of oxime groups is 2. The zero-order valence-corrected chi connectivity index (χ0v) is 30.6. The standard InChI is InChI=1S/C44H34N6O6/c1-27-36-39-38(29-19-21-33(51-3)22-20-29)40(55-47-39)44(30-13-7-4-8-14-30)54-41(48-56-44)37-28(2)46-50(32-17-11-6-12-18-32)43(37)53-35-25-23-34(24-26-35)52-42(36)49(45-27)31-15-9-5-10-16-31/h4-26,38,40H,1-3H3/t38-,40-,44+/m1/s1. The monoisotopic (exact) mass is 742 g/mol. The smallest absolute Gasteiger partial charge is 0.344 e. The lowest BCUT2D eigenvalue weighted by Crippen LogP contribution is -2.46. The Labute approximate surface area is 321 Å². The summed E-state index contributed by atoms with van der Waals surface area (Å²) >= 11 is 0. The Balaban J connectivity index is 1.23. The van der Waals surface area contributed by atoms with Gasteiger partial charge in [0.15, 0.2) is 0 Å². The van der Waals surface area contributed by atoms with Crippen LogP contribution >= 0.6 is 0 Å². The topological polar surface area (TPSA) is 116 Å². The fraction of sp³-hybridized carbons (Fsp3) is 0.136. The first-order valence-corrected chi connectivity index (χ1v) is 18.2. The van der Waals surface area contributed by atoms with E-state index < -0.39 is 17.8 Å². The molecule has 0 saturated heterocycles. The summed E-state index contributed by atoms with van der Waals surface area (Å²) in [4.78, 5) is 13.2. The minimum atomic E-state index is -1.63. The summed E-state index contributed by atoms with van der Waals surface area (Å²) < 4.78 is 29.6. The molecular formula is C44H34N6O6. The maximum atomic E-state index is 7.06. The quantitative estimate of drug-likeness (QED) is 0.172. The highest BCUT2D eigenvalue weighted by atomic mass is 16.8. The molecule has 0 amide bonds. The molecule has 0 radical (unpaired) electrons. The molecule has 0 N–H and O–H groups in total. The molecule has 56 heavy (non-hydrogen) atoms. The molecule has 6 bridgehead atoms. The Bertz CT molecular complexity index is 2620. The van der Waals surface area contributed by atoms with Crippen molar-refractivity contribution in [3.05, 3.63) is 173 Å². The van der Waals surface area contributed by atoms with E-state index in [1.807, 2.05) is 153 Å². The zero-order chi connectivity index (χ0) is 37.8. The number of fused-ring (bicyclic) bond motifs is 2. The third kappa shape index (κ3) is 5.36. The fourth-order valence-electron chi connectivity index (χ4n) is 7.48. The highest BCUT2D eigenvalue weighted by Gasteiger charge is 2.60. The van der Waals surface area contributed by atoms with Crippen LogP contribution in [-0.4, -0.2) is 44.4 Å². The minimum Gasteiger partial charge on any atom is -0.497 e. The normalized spacial score (nSPS) is 19.3. The SMILES string of the molecule is COc1ccc([C@@H]2C3=NO[C@H]2[C@]2(c4ccccc4)ON=C(O2)c2c(C)nn(-c4ccccc4)c2Oc2ccc(cc2)Oc2c3c(C)nn2-c2ccccc2)cc1. The predicted octanol–water partition coefficient (Wildman–Crippen LogP) is 8.73. The summed E-state index contributed by atoms with van der Waals surface area (Å²) in [6.07, 6.45) is -0.915. The molecule has 4 aliphatic heterocycles. The van der Waals surface area contributed by atoms with Crippen LogP contribution in [0.2, 0.25) is 0 Å². The zero-order valence-electron chi connectivity index (χ0n) is 30.6. The van der Waals surface area contributed by atoms with Crippen molar-refractivity contribution >= 4 is 11.6 Å². The van der Waals surface area contributed by atoms with Crippen LogP contribution in [0.5, 0.6) is 29.0 Å². The Morgan fingerprint density at radius 1 is 0.607 bits per heavy atom. The highest BCUT2D eigenvalue weighted by Crippen LogP contribution is 2.50. The Hall–Kier alpha value is -7.34. The van der Waals surface area contributed by atoms with Crippen LogP contribution in [-0.2, 0) is 20.2 Å². The number of nitrogens with zero attached hydrogens (tertiary/aromatic N) is 6. The summed E-state index contributed by atoms with van der Waals surface area (Å²) in [5.74, 6) is 0.591. The number of hydrogen-bond acceptors (Lipinski definition) is 10. The molecule has 0 unspecified atom stereocenters. The number of benzene rings is 5. The summed E-state index contributed by atoms with van der Waals surface area (Å²) in [7, 11) is 1.64. The fourth-order valence-corrected chi connectivity index (χ4v) is 7.48. The average Bonchev–Trinajstić information content (AvgIpc) is 4.03. The largest absolute Gasteiger partial charge is 0.497 e. The van der Waals surface area contributed by atoms with E-state index in [9.17, 15) is 0 Å². The number of hydrogen-bond donors (Lipinski definition) is 0. The molecule has 2 aromatic heterocycles. The van der Waals surface area contributed by atoms with Crippen LogP contribution in [0.1, 0.15) is 39.6 Å². The number of ether oxygens (including phenoxy) is 4. The highest BCUT2D eigenvalue weighted by molar-refractivity contribution is 6.09. The van der Waals surface area contributed by atoms with Crippen molar-refractivity contribution in [3.8, 4) is 40.4 Å². The van der Waals surface area contributed by atoms with E-state index in [2.05, 4.69) is 5.16 Å². The summed E-state index contributed by atoms with van der Waals surface area (Å²) in [5.41, 5.74) is 6.17. The summed E-state index contributed by atoms with van der Waals surface area (Å²) in [5, 5.41) is 19.5. The molecule has 3 atom stereocenters. The molecule has 4 aliphatic rings. The van der Waals surface area contributed by atoms with Gasteiger partial charge in [0.1, 0.15) is 28.5 Å². The third-order valence-corrected chi connectivity index (χ3v) is 10.2. The van der Waals surface area contributed by atoms with Gasteiger partial charge in [0.2, 0.25) is 17.9 Å². The van der Waals surface area contributed by atoms with Crippen molar-refractivity contribution < 1.29 is 28.6 Å². The van der Waals surface area contributed by atoms with Crippen LogP contribution < -0.4 is 14.2 Å². The van der Waals surface area contributed by atoms with E-state index in [-0.39, 0.29) is 5.90 Å². The van der Waals surface area contributed by atoms with Gasteiger partial charge in [-0.1, -0.05) is 84.0 Å². The number of aromatic nitrogens is 4. The molecule has 5 aromatic carbocycles. The van der Waals surface area contributed by atoms with Crippen molar-refractivity contribution in [3.63, 3.8) is 0 Å². The summed E-state index contributed by atoms with van der Waals surface area (Å²) in [6.45, 7) is 3.82. The molecular weight excluding hydrogens is 709 g/mol. The first-order valence-electron chi connectivity index (χ1n) is 18.2. The van der Waals surface area contributed by atoms with Gasteiger partial charge in [-0.05, 0) is 85.2 Å². The van der Waals surface area contributed by atoms with E-state index in [0.717, 1.165) is 16.9 Å². The van der Waals surface area contributed by atoms with Gasteiger partial charge in [-0.3, -0.25) is 0 Å². The second-order valence-corrected chi connectivity index (χ2v) is 13.6. The molecule has 0 spiro atoms. The van der Waals surface area contributed by atoms with Gasteiger partial charge in [-0.25, -0.2) is 0 Å². The first-order chi connectivity index (χ1) is 27.5. The minimum absolute atomic E-state index is 0.176. The Kier molecular flexibility index (Phi) is 7.84. The second kappa shape index (κ2) is 13.2. The van der Waals surface area contributed by atoms with Crippen molar-refractivity contribution in [2.75, 3.05) is 7.11 Å². The lowest BCUT2D eigenvalue weighted by Gasteiger charge is -2.33. The molecule has 11 rings (SSSR count). The van der Waals surface area contributed by atoms with Gasteiger partial charge < -0.3 is 28.6 Å². The first kappa shape index (κ1) is 33.2. The molecule has 12 heteroatoms. The number of para-hydroxylation sites is 2. The van der Waals surface area contributed by atoms with Crippen molar-refractivity contribution in [2.45, 2.75) is 31.7 Å². The van der Waals surface area contributed by atoms with E-state index >= 15 is 0 Å². The van der Waals surface area contributed by atoms with E-state index in [0.29, 0.717) is 62.8 Å². The molecule has 0 saturated carbocycles. The van der Waals surface area contributed by atoms with Gasteiger partial charge >= 0.3 is 5.79 Å². The molecule has 276 valence electrons. The molecule has 0 aliphatic carbocycles. The number of rotatable bonds is 5. The number of aryl methyl sites for hydroxylation is 2. The summed E-state index contributed by atoms with van der Waals surface area (Å²) in [6, 6.07) is 44.4. The van der Waals surface area contributed by atoms with Crippen molar-refractivity contribution in [2.24, 2.45) is 10.3 Å². The van der Waals surface area contributed by atoms with Gasteiger partial charge in [-0.2, -0.15) is 19.6 Å². The third-order valence-electron chi connectivity index (χ3n) is 10.2. The van der Waals surface area contributed by atoms with Crippen LogP contribution in [0.15, 0.2) is 150 Å². The molecule has 7 aromatic rings.